The van der Waals surface area contributed by atoms with Crippen molar-refractivity contribution in [1.29, 1.82) is 0 Å². The van der Waals surface area contributed by atoms with Crippen LogP contribution in [0, 0.1) is 0 Å². The number of nitrogens with zero attached hydrogens (tertiary/aromatic N) is 2. The molecule has 0 aliphatic rings. The molecule has 0 saturated carbocycles. The van der Waals surface area contributed by atoms with Crippen molar-refractivity contribution in [2.75, 3.05) is 13.4 Å². The molecule has 0 N–H and O–H groups in total. The highest BCUT2D eigenvalue weighted by atomic mass is 32.1. The quantitative estimate of drug-likeness (QED) is 0.344. The molecule has 0 atom stereocenters. The van der Waals surface area contributed by atoms with E-state index in [-0.39, 0.29) is 6.79 Å². The lowest BCUT2D eigenvalue weighted by Crippen LogP contribution is -2.04. The molecule has 0 bridgehead atoms. The number of ether oxygens (including phenoxy) is 2. The number of unbranched alkanes of at least 4 members (excludes halogenated alkanes) is 7. The van der Waals surface area contributed by atoms with Crippen LogP contribution in [0.15, 0.2) is 29.8 Å². The third-order valence-corrected chi connectivity index (χ3v) is 4.64. The van der Waals surface area contributed by atoms with E-state index in [0.29, 0.717) is 5.88 Å². The van der Waals surface area contributed by atoms with E-state index in [4.69, 9.17) is 9.47 Å². The second-order valence-corrected chi connectivity index (χ2v) is 6.71. The van der Waals surface area contributed by atoms with Gasteiger partial charge in [-0.1, -0.05) is 57.9 Å². The zero-order valence-electron chi connectivity index (χ0n) is 14.6. The molecule has 24 heavy (non-hydrogen) atoms. The minimum absolute atomic E-state index is 0.266. The van der Waals surface area contributed by atoms with Crippen molar-refractivity contribution in [3.05, 3.63) is 29.8 Å². The predicted molar refractivity (Wildman–Crippen MR) is 99.4 cm³/mol. The molecule has 2 heterocycles. The SMILES string of the molecule is CCCCCCCCCCOCOc1csc(-c2ccccn2)n1. The number of pyridine rings is 1. The summed E-state index contributed by atoms with van der Waals surface area (Å²) in [5.74, 6) is 0.608. The van der Waals surface area contributed by atoms with Gasteiger partial charge < -0.3 is 9.47 Å². The first kappa shape index (κ1) is 18.9. The fourth-order valence-electron chi connectivity index (χ4n) is 2.43. The highest BCUT2D eigenvalue weighted by Gasteiger charge is 2.05. The number of rotatable bonds is 13. The first-order valence-corrected chi connectivity index (χ1v) is 9.85. The summed E-state index contributed by atoms with van der Waals surface area (Å²) in [6.07, 6.45) is 12.2. The molecule has 4 nitrogen and oxygen atoms in total. The summed E-state index contributed by atoms with van der Waals surface area (Å²) in [4.78, 5) is 8.70. The van der Waals surface area contributed by atoms with Gasteiger partial charge in [0.2, 0.25) is 5.88 Å². The van der Waals surface area contributed by atoms with Crippen molar-refractivity contribution < 1.29 is 9.47 Å². The van der Waals surface area contributed by atoms with Gasteiger partial charge >= 0.3 is 0 Å². The van der Waals surface area contributed by atoms with E-state index in [9.17, 15) is 0 Å². The van der Waals surface area contributed by atoms with E-state index >= 15 is 0 Å². The van der Waals surface area contributed by atoms with Crippen LogP contribution >= 0.6 is 11.3 Å². The maximum atomic E-state index is 5.53. The zero-order valence-corrected chi connectivity index (χ0v) is 15.4. The number of thiazole rings is 1. The molecule has 0 amide bonds. The number of hydrogen-bond acceptors (Lipinski definition) is 5. The zero-order chi connectivity index (χ0) is 16.9. The fraction of sp³-hybridized carbons (Fsp3) is 0.579. The Morgan fingerprint density at radius 2 is 1.79 bits per heavy atom. The summed E-state index contributed by atoms with van der Waals surface area (Å²) in [6.45, 7) is 3.28. The third-order valence-electron chi connectivity index (χ3n) is 3.80. The molecule has 5 heteroatoms. The lowest BCUT2D eigenvalue weighted by atomic mass is 10.1. The molecule has 2 aromatic rings. The highest BCUT2D eigenvalue weighted by Crippen LogP contribution is 2.25. The summed E-state index contributed by atoms with van der Waals surface area (Å²) in [6, 6.07) is 5.80. The minimum Gasteiger partial charge on any atom is -0.450 e. The van der Waals surface area contributed by atoms with Crippen LogP contribution in [0.3, 0.4) is 0 Å². The Balaban J connectivity index is 1.49. The maximum Gasteiger partial charge on any atom is 0.227 e. The topological polar surface area (TPSA) is 44.2 Å². The smallest absolute Gasteiger partial charge is 0.227 e. The van der Waals surface area contributed by atoms with Crippen LogP contribution in [0.2, 0.25) is 0 Å². The Morgan fingerprint density at radius 3 is 2.54 bits per heavy atom. The number of hydrogen-bond donors (Lipinski definition) is 0. The normalized spacial score (nSPS) is 10.9. The summed E-state index contributed by atoms with van der Waals surface area (Å²) < 4.78 is 11.1. The summed E-state index contributed by atoms with van der Waals surface area (Å²) in [7, 11) is 0. The minimum atomic E-state index is 0.266. The summed E-state index contributed by atoms with van der Waals surface area (Å²) in [5.41, 5.74) is 0.872. The third kappa shape index (κ3) is 7.41. The van der Waals surface area contributed by atoms with Gasteiger partial charge in [-0.05, 0) is 18.6 Å². The summed E-state index contributed by atoms with van der Waals surface area (Å²) in [5, 5.41) is 2.76. The van der Waals surface area contributed by atoms with Gasteiger partial charge in [-0.3, -0.25) is 4.98 Å². The summed E-state index contributed by atoms with van der Waals surface area (Å²) >= 11 is 1.53. The van der Waals surface area contributed by atoms with Gasteiger partial charge in [0.15, 0.2) is 6.79 Å². The van der Waals surface area contributed by atoms with Crippen molar-refractivity contribution in [2.45, 2.75) is 58.3 Å². The van der Waals surface area contributed by atoms with Crippen LogP contribution in [0.25, 0.3) is 10.7 Å². The van der Waals surface area contributed by atoms with Gasteiger partial charge in [-0.15, -0.1) is 11.3 Å². The first-order chi connectivity index (χ1) is 11.9. The predicted octanol–water partition coefficient (Wildman–Crippen LogP) is 5.70. The molecule has 0 aliphatic heterocycles. The van der Waals surface area contributed by atoms with E-state index in [0.717, 1.165) is 23.7 Å². The van der Waals surface area contributed by atoms with Crippen molar-refractivity contribution in [3.63, 3.8) is 0 Å². The van der Waals surface area contributed by atoms with E-state index in [1.807, 2.05) is 23.6 Å². The van der Waals surface area contributed by atoms with Crippen molar-refractivity contribution in [1.82, 2.24) is 9.97 Å². The van der Waals surface area contributed by atoms with Crippen molar-refractivity contribution in [2.24, 2.45) is 0 Å². The molecule has 2 rings (SSSR count). The molecular weight excluding hydrogens is 320 g/mol. The first-order valence-electron chi connectivity index (χ1n) is 8.97. The van der Waals surface area contributed by atoms with Gasteiger partial charge in [-0.25, -0.2) is 0 Å². The largest absolute Gasteiger partial charge is 0.450 e. The lowest BCUT2D eigenvalue weighted by molar-refractivity contribution is 0.0113. The fourth-order valence-corrected chi connectivity index (χ4v) is 3.15. The van der Waals surface area contributed by atoms with Crippen LogP contribution in [0.1, 0.15) is 58.3 Å². The van der Waals surface area contributed by atoms with Crippen LogP contribution in [-0.4, -0.2) is 23.4 Å². The van der Waals surface area contributed by atoms with Gasteiger partial charge in [-0.2, -0.15) is 4.98 Å². The van der Waals surface area contributed by atoms with E-state index in [2.05, 4.69) is 16.9 Å². The van der Waals surface area contributed by atoms with Crippen LogP contribution in [-0.2, 0) is 4.74 Å². The molecule has 2 aromatic heterocycles. The van der Waals surface area contributed by atoms with E-state index in [1.165, 1.54) is 56.3 Å². The molecule has 0 saturated heterocycles. The molecule has 0 spiro atoms. The Morgan fingerprint density at radius 1 is 1.00 bits per heavy atom. The second-order valence-electron chi connectivity index (χ2n) is 5.85. The molecule has 0 radical (unpaired) electrons. The Hall–Kier alpha value is -1.46. The maximum absolute atomic E-state index is 5.53. The van der Waals surface area contributed by atoms with Gasteiger partial charge in [0, 0.05) is 6.20 Å². The molecule has 0 aliphatic carbocycles. The molecule has 0 fully saturated rings. The number of aromatic nitrogens is 2. The van der Waals surface area contributed by atoms with Crippen LogP contribution in [0.5, 0.6) is 5.88 Å². The van der Waals surface area contributed by atoms with Crippen molar-refractivity contribution in [3.8, 4) is 16.6 Å². The van der Waals surface area contributed by atoms with Gasteiger partial charge in [0.25, 0.3) is 0 Å². The average molecular weight is 349 g/mol. The van der Waals surface area contributed by atoms with Gasteiger partial charge in [0.05, 0.1) is 17.7 Å². The average Bonchev–Trinajstić information content (AvgIpc) is 3.09. The van der Waals surface area contributed by atoms with E-state index < -0.39 is 0 Å². The monoisotopic (exact) mass is 348 g/mol. The molecular formula is C19H28N2O2S. The highest BCUT2D eigenvalue weighted by molar-refractivity contribution is 7.13. The second kappa shape index (κ2) is 12.0. The standard InChI is InChI=1S/C19H28N2O2S/c1-2-3-4-5-6-7-8-11-14-22-16-23-18-15-24-19(21-18)17-12-9-10-13-20-17/h9-10,12-13,15H,2-8,11,14,16H2,1H3. The molecule has 132 valence electrons. The van der Waals surface area contributed by atoms with Crippen LogP contribution in [0.4, 0.5) is 0 Å². The molecule has 0 unspecified atom stereocenters. The lowest BCUT2D eigenvalue weighted by Gasteiger charge is -2.05. The van der Waals surface area contributed by atoms with Crippen LogP contribution < -0.4 is 4.74 Å². The Labute approximate surface area is 149 Å². The molecule has 0 aromatic carbocycles. The Kier molecular flexibility index (Phi) is 9.42. The van der Waals surface area contributed by atoms with Crippen molar-refractivity contribution >= 4 is 11.3 Å². The Bertz CT molecular complexity index is 545. The van der Waals surface area contributed by atoms with E-state index in [1.54, 1.807) is 6.20 Å². The van der Waals surface area contributed by atoms with Gasteiger partial charge in [0.1, 0.15) is 5.01 Å².